The van der Waals surface area contributed by atoms with E-state index in [1.54, 1.807) is 35.9 Å². The molecule has 0 saturated carbocycles. The molecule has 0 aliphatic carbocycles. The summed E-state index contributed by atoms with van der Waals surface area (Å²) >= 11 is 0. The first-order valence-corrected chi connectivity index (χ1v) is 9.84. The van der Waals surface area contributed by atoms with E-state index < -0.39 is 5.91 Å². The zero-order chi connectivity index (χ0) is 21.3. The summed E-state index contributed by atoms with van der Waals surface area (Å²) in [6.45, 7) is 3.61. The van der Waals surface area contributed by atoms with Gasteiger partial charge >= 0.3 is 0 Å². The quantitative estimate of drug-likeness (QED) is 0.385. The van der Waals surface area contributed by atoms with Crippen LogP contribution in [0.5, 0.6) is 5.75 Å². The first-order valence-electron chi connectivity index (χ1n) is 9.84. The van der Waals surface area contributed by atoms with E-state index in [0.29, 0.717) is 17.0 Å². The molecule has 1 aromatic carbocycles. The van der Waals surface area contributed by atoms with Gasteiger partial charge in [0.2, 0.25) is 0 Å². The molecule has 1 saturated heterocycles. The average Bonchev–Trinajstić information content (AvgIpc) is 3.17. The third kappa shape index (κ3) is 3.71. The van der Waals surface area contributed by atoms with E-state index in [1.807, 2.05) is 6.92 Å². The molecule has 156 valence electrons. The fourth-order valence-electron chi connectivity index (χ4n) is 3.88. The molecule has 1 aliphatic rings. The highest BCUT2D eigenvalue weighted by Gasteiger charge is 2.23. The van der Waals surface area contributed by atoms with Gasteiger partial charge < -0.3 is 20.4 Å². The summed E-state index contributed by atoms with van der Waals surface area (Å²) in [6.07, 6.45) is 3.24. The second-order valence-electron chi connectivity index (χ2n) is 7.41. The first-order chi connectivity index (χ1) is 14.5. The summed E-state index contributed by atoms with van der Waals surface area (Å²) in [5.41, 5.74) is 2.49. The van der Waals surface area contributed by atoms with Crippen molar-refractivity contribution in [3.63, 3.8) is 0 Å². The first kappa shape index (κ1) is 19.8. The van der Waals surface area contributed by atoms with Crippen molar-refractivity contribution in [3.05, 3.63) is 63.2 Å². The second-order valence-corrected chi connectivity index (χ2v) is 7.41. The van der Waals surface area contributed by atoms with E-state index in [-0.39, 0.29) is 22.9 Å². The second kappa shape index (κ2) is 8.11. The zero-order valence-electron chi connectivity index (χ0n) is 16.9. The number of piperidine rings is 1. The van der Waals surface area contributed by atoms with Gasteiger partial charge in [0.15, 0.2) is 0 Å². The van der Waals surface area contributed by atoms with Gasteiger partial charge in [0.1, 0.15) is 22.8 Å². The number of hydrogen-bond donors (Lipinski definition) is 4. The van der Waals surface area contributed by atoms with E-state index >= 15 is 0 Å². The van der Waals surface area contributed by atoms with E-state index in [1.165, 1.54) is 6.20 Å². The molecule has 1 amide bonds. The molecule has 1 fully saturated rings. The summed E-state index contributed by atoms with van der Waals surface area (Å²) in [5, 5.41) is 18.6. The normalized spacial score (nSPS) is 14.6. The standard InChI is InChI=1S/C21H24N6O3/c1-12-9-14(30-2)3-4-15(12)19(22)26-21(29)16-11-24-27-17(10-18(28)25-20(16)27)13-5-7-23-8-6-13/h3-4,9-11,13,23H,5-8H2,1-2H3,(H,25,28)(H2,22,26,29). The van der Waals surface area contributed by atoms with E-state index in [9.17, 15) is 9.59 Å². The Hall–Kier alpha value is -3.46. The molecule has 2 aromatic heterocycles. The number of aromatic amines is 1. The predicted octanol–water partition coefficient (Wildman–Crippen LogP) is 1.56. The number of nitrogens with one attached hydrogen (secondary N) is 4. The molecule has 0 unspecified atom stereocenters. The van der Waals surface area contributed by atoms with Crippen LogP contribution in [0.1, 0.15) is 45.9 Å². The van der Waals surface area contributed by atoms with Crippen LogP contribution in [0.15, 0.2) is 35.3 Å². The molecular weight excluding hydrogens is 384 g/mol. The lowest BCUT2D eigenvalue weighted by molar-refractivity contribution is 0.0978. The number of ether oxygens (including phenoxy) is 1. The summed E-state index contributed by atoms with van der Waals surface area (Å²) in [7, 11) is 1.57. The predicted molar refractivity (Wildman–Crippen MR) is 113 cm³/mol. The van der Waals surface area contributed by atoms with Crippen molar-refractivity contribution in [2.45, 2.75) is 25.7 Å². The molecule has 0 atom stereocenters. The number of carbonyl (C=O) groups is 1. The van der Waals surface area contributed by atoms with Crippen LogP contribution >= 0.6 is 0 Å². The van der Waals surface area contributed by atoms with Crippen molar-refractivity contribution >= 4 is 17.4 Å². The van der Waals surface area contributed by atoms with Gasteiger partial charge in [-0.15, -0.1) is 0 Å². The van der Waals surface area contributed by atoms with Crippen molar-refractivity contribution in [1.82, 2.24) is 25.2 Å². The maximum atomic E-state index is 12.9. The average molecular weight is 408 g/mol. The fourth-order valence-corrected chi connectivity index (χ4v) is 3.88. The van der Waals surface area contributed by atoms with Crippen LogP contribution in [0.25, 0.3) is 5.65 Å². The number of aryl methyl sites for hydroxylation is 1. The third-order valence-corrected chi connectivity index (χ3v) is 5.48. The third-order valence-electron chi connectivity index (χ3n) is 5.48. The maximum Gasteiger partial charge on any atom is 0.262 e. The Balaban J connectivity index is 1.63. The number of amidine groups is 1. The van der Waals surface area contributed by atoms with Crippen LogP contribution in [-0.4, -0.2) is 46.5 Å². The Kier molecular flexibility index (Phi) is 5.37. The van der Waals surface area contributed by atoms with Crippen LogP contribution in [0, 0.1) is 12.3 Å². The molecule has 9 heteroatoms. The van der Waals surface area contributed by atoms with Crippen LogP contribution in [0.2, 0.25) is 0 Å². The van der Waals surface area contributed by atoms with Crippen LogP contribution in [-0.2, 0) is 0 Å². The van der Waals surface area contributed by atoms with E-state index in [0.717, 1.165) is 37.2 Å². The van der Waals surface area contributed by atoms with Crippen molar-refractivity contribution in [3.8, 4) is 5.75 Å². The van der Waals surface area contributed by atoms with Crippen LogP contribution in [0.4, 0.5) is 0 Å². The summed E-state index contributed by atoms with van der Waals surface area (Å²) in [4.78, 5) is 27.9. The molecule has 0 bridgehead atoms. The van der Waals surface area contributed by atoms with Gasteiger partial charge in [-0.1, -0.05) is 0 Å². The maximum absolute atomic E-state index is 12.9. The van der Waals surface area contributed by atoms with Crippen LogP contribution < -0.4 is 20.9 Å². The number of carbonyl (C=O) groups excluding carboxylic acids is 1. The molecule has 30 heavy (non-hydrogen) atoms. The van der Waals surface area contributed by atoms with Gasteiger partial charge in [-0.2, -0.15) is 5.10 Å². The van der Waals surface area contributed by atoms with Gasteiger partial charge in [-0.05, 0) is 56.6 Å². The number of rotatable bonds is 4. The van der Waals surface area contributed by atoms with Gasteiger partial charge in [0, 0.05) is 17.5 Å². The van der Waals surface area contributed by atoms with Gasteiger partial charge in [0.25, 0.3) is 11.5 Å². The Morgan fingerprint density at radius 2 is 2.03 bits per heavy atom. The number of H-pyrrole nitrogens is 1. The highest BCUT2D eigenvalue weighted by atomic mass is 16.5. The number of aromatic nitrogens is 3. The molecule has 9 nitrogen and oxygen atoms in total. The Morgan fingerprint density at radius 3 is 2.73 bits per heavy atom. The molecule has 0 spiro atoms. The lowest BCUT2D eigenvalue weighted by atomic mass is 9.94. The van der Waals surface area contributed by atoms with E-state index in [2.05, 4.69) is 20.7 Å². The topological polar surface area (TPSA) is 124 Å². The summed E-state index contributed by atoms with van der Waals surface area (Å²) < 4.78 is 6.82. The molecule has 1 aliphatic heterocycles. The molecule has 3 aromatic rings. The number of fused-ring (bicyclic) bond motifs is 1. The fraction of sp³-hybridized carbons (Fsp3) is 0.333. The van der Waals surface area contributed by atoms with E-state index in [4.69, 9.17) is 10.1 Å². The number of benzene rings is 1. The monoisotopic (exact) mass is 408 g/mol. The largest absolute Gasteiger partial charge is 0.497 e. The SMILES string of the molecule is COc1ccc(C(=N)NC(=O)c2cnn3c(C4CCNCC4)cc(=O)[nH]c23)c(C)c1. The van der Waals surface area contributed by atoms with Gasteiger partial charge in [0.05, 0.1) is 19.0 Å². The Bertz CT molecular complexity index is 1170. The Morgan fingerprint density at radius 1 is 1.27 bits per heavy atom. The smallest absolute Gasteiger partial charge is 0.262 e. The van der Waals surface area contributed by atoms with Crippen molar-refractivity contribution in [2.24, 2.45) is 0 Å². The molecule has 4 rings (SSSR count). The van der Waals surface area contributed by atoms with Crippen molar-refractivity contribution in [2.75, 3.05) is 20.2 Å². The minimum absolute atomic E-state index is 0.0311. The number of hydrogen-bond acceptors (Lipinski definition) is 6. The van der Waals surface area contributed by atoms with Crippen molar-refractivity contribution in [1.29, 1.82) is 5.41 Å². The lowest BCUT2D eigenvalue weighted by Crippen LogP contribution is -2.31. The minimum atomic E-state index is -0.497. The number of methoxy groups -OCH3 is 1. The number of amides is 1. The highest BCUT2D eigenvalue weighted by molar-refractivity contribution is 6.13. The molecular formula is C21H24N6O3. The lowest BCUT2D eigenvalue weighted by Gasteiger charge is -2.23. The number of nitrogens with zero attached hydrogens (tertiary/aromatic N) is 2. The van der Waals surface area contributed by atoms with Gasteiger partial charge in [-0.3, -0.25) is 15.0 Å². The van der Waals surface area contributed by atoms with Gasteiger partial charge in [-0.25, -0.2) is 4.52 Å². The minimum Gasteiger partial charge on any atom is -0.497 e. The van der Waals surface area contributed by atoms with Crippen molar-refractivity contribution < 1.29 is 9.53 Å². The molecule has 0 radical (unpaired) electrons. The molecule has 4 N–H and O–H groups in total. The molecule has 3 heterocycles. The highest BCUT2D eigenvalue weighted by Crippen LogP contribution is 2.25. The zero-order valence-corrected chi connectivity index (χ0v) is 16.9. The summed E-state index contributed by atoms with van der Waals surface area (Å²) in [5.74, 6) is 0.354. The summed E-state index contributed by atoms with van der Waals surface area (Å²) in [6, 6.07) is 6.82. The Labute approximate surface area is 173 Å². The van der Waals surface area contributed by atoms with Crippen LogP contribution in [0.3, 0.4) is 0 Å².